The van der Waals surface area contributed by atoms with Crippen LogP contribution in [0.1, 0.15) is 12.6 Å². The van der Waals surface area contributed by atoms with Gasteiger partial charge in [0, 0.05) is 16.0 Å². The van der Waals surface area contributed by atoms with Gasteiger partial charge >= 0.3 is 0 Å². The van der Waals surface area contributed by atoms with E-state index in [2.05, 4.69) is 0 Å². The van der Waals surface area contributed by atoms with E-state index in [1.165, 1.54) is 3.97 Å². The highest BCUT2D eigenvalue weighted by Gasteiger charge is 2.22. The molecule has 0 amide bonds. The lowest BCUT2D eigenvalue weighted by molar-refractivity contribution is 0.587. The van der Waals surface area contributed by atoms with Gasteiger partial charge in [-0.3, -0.25) is 0 Å². The van der Waals surface area contributed by atoms with E-state index in [1.807, 2.05) is 43.5 Å². The molecule has 2 aromatic carbocycles. The molecule has 0 radical (unpaired) electrons. The largest absolute Gasteiger partial charge is 0.268 e. The summed E-state index contributed by atoms with van der Waals surface area (Å²) >= 11 is 1.65. The first-order valence-electron chi connectivity index (χ1n) is 7.07. The lowest BCUT2D eigenvalue weighted by Gasteiger charge is -2.11. The van der Waals surface area contributed by atoms with Crippen molar-refractivity contribution in [2.75, 3.05) is 6.26 Å². The maximum absolute atomic E-state index is 13.0. The summed E-state index contributed by atoms with van der Waals surface area (Å²) in [5.41, 5.74) is 1.54. The van der Waals surface area contributed by atoms with E-state index in [9.17, 15) is 8.42 Å². The van der Waals surface area contributed by atoms with Gasteiger partial charge in [-0.25, -0.2) is 12.4 Å². The fourth-order valence-electron chi connectivity index (χ4n) is 2.58. The molecule has 0 unspecified atom stereocenters. The Morgan fingerprint density at radius 1 is 1.05 bits per heavy atom. The standard InChI is InChI=1S/C17H17NO2S2/c1-3-14-11-13-12-15(21-2)9-10-17(13)18(14)22(19,20)16-7-5-4-6-8-16/h4-12H,3H2,1-2H3. The zero-order valence-corrected chi connectivity index (χ0v) is 14.1. The summed E-state index contributed by atoms with van der Waals surface area (Å²) in [7, 11) is -3.57. The van der Waals surface area contributed by atoms with Crippen LogP contribution in [0, 0.1) is 0 Å². The molecule has 0 aliphatic heterocycles. The van der Waals surface area contributed by atoms with Crippen molar-refractivity contribution in [1.29, 1.82) is 0 Å². The van der Waals surface area contributed by atoms with Gasteiger partial charge in [-0.15, -0.1) is 11.8 Å². The lowest BCUT2D eigenvalue weighted by atomic mass is 10.2. The molecule has 1 heterocycles. The predicted molar refractivity (Wildman–Crippen MR) is 92.1 cm³/mol. The Balaban J connectivity index is 2.30. The minimum atomic E-state index is -3.57. The third-order valence-electron chi connectivity index (χ3n) is 3.68. The van der Waals surface area contributed by atoms with Crippen molar-refractivity contribution in [3.05, 3.63) is 60.3 Å². The maximum atomic E-state index is 13.0. The molecule has 5 heteroatoms. The third-order valence-corrected chi connectivity index (χ3v) is 6.19. The van der Waals surface area contributed by atoms with Gasteiger partial charge in [0.2, 0.25) is 0 Å². The van der Waals surface area contributed by atoms with Crippen LogP contribution in [0.4, 0.5) is 0 Å². The van der Waals surface area contributed by atoms with Crippen LogP contribution in [-0.2, 0) is 16.4 Å². The summed E-state index contributed by atoms with van der Waals surface area (Å²) in [6.07, 6.45) is 2.68. The highest BCUT2D eigenvalue weighted by Crippen LogP contribution is 2.29. The van der Waals surface area contributed by atoms with Gasteiger partial charge in [0.1, 0.15) is 0 Å². The van der Waals surface area contributed by atoms with Crippen molar-refractivity contribution < 1.29 is 8.42 Å². The number of hydrogen-bond donors (Lipinski definition) is 0. The van der Waals surface area contributed by atoms with Gasteiger partial charge in [-0.2, -0.15) is 0 Å². The van der Waals surface area contributed by atoms with Crippen LogP contribution in [0.5, 0.6) is 0 Å². The zero-order valence-electron chi connectivity index (χ0n) is 12.5. The van der Waals surface area contributed by atoms with Crippen LogP contribution in [0.3, 0.4) is 0 Å². The van der Waals surface area contributed by atoms with Crippen LogP contribution in [0.15, 0.2) is 64.4 Å². The van der Waals surface area contributed by atoms with Crippen molar-refractivity contribution in [3.8, 4) is 0 Å². The van der Waals surface area contributed by atoms with E-state index in [0.29, 0.717) is 11.3 Å². The maximum Gasteiger partial charge on any atom is 0.268 e. The Morgan fingerprint density at radius 2 is 1.77 bits per heavy atom. The Bertz CT molecular complexity index is 912. The van der Waals surface area contributed by atoms with Crippen LogP contribution < -0.4 is 0 Å². The number of fused-ring (bicyclic) bond motifs is 1. The van der Waals surface area contributed by atoms with Gasteiger partial charge in [0.15, 0.2) is 0 Å². The predicted octanol–water partition coefficient (Wildman–Crippen LogP) is 4.16. The molecule has 22 heavy (non-hydrogen) atoms. The Hall–Kier alpha value is -1.72. The van der Waals surface area contributed by atoms with Crippen molar-refractivity contribution in [1.82, 2.24) is 3.97 Å². The van der Waals surface area contributed by atoms with E-state index in [-0.39, 0.29) is 0 Å². The minimum Gasteiger partial charge on any atom is -0.238 e. The summed E-state index contributed by atoms with van der Waals surface area (Å²) in [6.45, 7) is 1.97. The molecule has 0 bridgehead atoms. The normalized spacial score (nSPS) is 11.9. The lowest BCUT2D eigenvalue weighted by Crippen LogP contribution is -2.15. The molecule has 0 saturated heterocycles. The molecule has 114 valence electrons. The molecule has 0 N–H and O–H groups in total. The second-order valence-corrected chi connectivity index (χ2v) is 7.66. The van der Waals surface area contributed by atoms with Gasteiger partial charge in [-0.05, 0) is 49.1 Å². The quantitative estimate of drug-likeness (QED) is 0.674. The van der Waals surface area contributed by atoms with Crippen LogP contribution in [0.2, 0.25) is 0 Å². The first kappa shape index (κ1) is 15.2. The van der Waals surface area contributed by atoms with Gasteiger partial charge in [-0.1, -0.05) is 25.1 Å². The molecule has 3 aromatic rings. The van der Waals surface area contributed by atoms with Crippen LogP contribution >= 0.6 is 11.8 Å². The monoisotopic (exact) mass is 331 g/mol. The van der Waals surface area contributed by atoms with E-state index in [4.69, 9.17) is 0 Å². The molecule has 1 aromatic heterocycles. The first-order valence-corrected chi connectivity index (χ1v) is 9.73. The molecule has 0 fully saturated rings. The van der Waals surface area contributed by atoms with E-state index >= 15 is 0 Å². The molecular formula is C17H17NO2S2. The van der Waals surface area contributed by atoms with Crippen molar-refractivity contribution in [2.45, 2.75) is 23.1 Å². The number of aromatic nitrogens is 1. The number of hydrogen-bond acceptors (Lipinski definition) is 3. The number of nitrogens with zero attached hydrogens (tertiary/aromatic N) is 1. The Labute approximate surface area is 135 Å². The Kier molecular flexibility index (Phi) is 4.02. The highest BCUT2D eigenvalue weighted by molar-refractivity contribution is 7.98. The van der Waals surface area contributed by atoms with E-state index < -0.39 is 10.0 Å². The summed E-state index contributed by atoms with van der Waals surface area (Å²) in [4.78, 5) is 1.44. The molecule has 0 aliphatic rings. The molecule has 3 nitrogen and oxygen atoms in total. The van der Waals surface area contributed by atoms with Crippen LogP contribution in [-0.4, -0.2) is 18.6 Å². The third kappa shape index (κ3) is 2.44. The molecular weight excluding hydrogens is 314 g/mol. The van der Waals surface area contributed by atoms with Crippen molar-refractivity contribution >= 4 is 32.7 Å². The second kappa shape index (κ2) is 5.82. The minimum absolute atomic E-state index is 0.316. The molecule has 0 atom stereocenters. The number of benzene rings is 2. The SMILES string of the molecule is CCc1cc2cc(SC)ccc2n1S(=O)(=O)c1ccccc1. The van der Waals surface area contributed by atoms with E-state index in [1.54, 1.807) is 36.0 Å². The van der Waals surface area contributed by atoms with Crippen LogP contribution in [0.25, 0.3) is 10.9 Å². The van der Waals surface area contributed by atoms with Gasteiger partial charge in [0.25, 0.3) is 10.0 Å². The Morgan fingerprint density at radius 3 is 2.41 bits per heavy atom. The molecule has 0 aliphatic carbocycles. The number of aryl methyl sites for hydroxylation is 1. The van der Waals surface area contributed by atoms with Crippen molar-refractivity contribution in [2.24, 2.45) is 0 Å². The fourth-order valence-corrected chi connectivity index (χ4v) is 4.66. The fraction of sp³-hybridized carbons (Fsp3) is 0.176. The smallest absolute Gasteiger partial charge is 0.238 e. The molecule has 0 spiro atoms. The molecule has 0 saturated carbocycles. The number of rotatable bonds is 4. The summed E-state index contributed by atoms with van der Waals surface area (Å²) in [5, 5.41) is 0.961. The topological polar surface area (TPSA) is 39.1 Å². The van der Waals surface area contributed by atoms with Crippen molar-refractivity contribution in [3.63, 3.8) is 0 Å². The van der Waals surface area contributed by atoms with E-state index in [0.717, 1.165) is 21.5 Å². The number of thioether (sulfide) groups is 1. The summed E-state index contributed by atoms with van der Waals surface area (Å²) < 4.78 is 27.5. The second-order valence-electron chi connectivity index (χ2n) is 5.00. The first-order chi connectivity index (χ1) is 10.6. The highest BCUT2D eigenvalue weighted by atomic mass is 32.2. The summed E-state index contributed by atoms with van der Waals surface area (Å²) in [6, 6.07) is 16.4. The zero-order chi connectivity index (χ0) is 15.7. The van der Waals surface area contributed by atoms with Gasteiger partial charge in [0.05, 0.1) is 10.4 Å². The average Bonchev–Trinajstić information content (AvgIpc) is 2.93. The van der Waals surface area contributed by atoms with Gasteiger partial charge < -0.3 is 0 Å². The average molecular weight is 331 g/mol. The molecule has 3 rings (SSSR count). The summed E-state index contributed by atoms with van der Waals surface area (Å²) in [5.74, 6) is 0.